The van der Waals surface area contributed by atoms with E-state index in [1.807, 2.05) is 24.8 Å². The van der Waals surface area contributed by atoms with Gasteiger partial charge in [0.1, 0.15) is 0 Å². The number of hydrogen-bond acceptors (Lipinski definition) is 4. The Morgan fingerprint density at radius 1 is 1.40 bits per heavy atom. The molecule has 1 fully saturated rings. The monoisotopic (exact) mass is 311 g/mol. The van der Waals surface area contributed by atoms with Crippen LogP contribution < -0.4 is 0 Å². The summed E-state index contributed by atoms with van der Waals surface area (Å²) in [5.41, 5.74) is 1.29. The Morgan fingerprint density at radius 2 is 2.20 bits per heavy atom. The number of nitrogens with zero attached hydrogens (tertiary/aromatic N) is 1. The summed E-state index contributed by atoms with van der Waals surface area (Å²) in [4.78, 5) is 27.5. The predicted octanol–water partition coefficient (Wildman–Crippen LogP) is 2.33. The number of thioether (sulfide) groups is 1. The highest BCUT2D eigenvalue weighted by Gasteiger charge is 2.37. The van der Waals surface area contributed by atoms with Gasteiger partial charge in [0, 0.05) is 23.7 Å². The van der Waals surface area contributed by atoms with Crippen LogP contribution in [0.1, 0.15) is 27.0 Å². The molecule has 3 rings (SSSR count). The molecule has 0 bridgehead atoms. The lowest BCUT2D eigenvalue weighted by Gasteiger charge is -2.14. The van der Waals surface area contributed by atoms with E-state index in [4.69, 9.17) is 5.11 Å². The Labute approximate surface area is 126 Å². The summed E-state index contributed by atoms with van der Waals surface area (Å²) in [5, 5.41) is 9.15. The number of carbonyl (C=O) groups excluding carboxylic acids is 1. The molecule has 0 aromatic carbocycles. The molecule has 1 saturated heterocycles. The van der Waals surface area contributed by atoms with Crippen molar-refractivity contribution in [3.63, 3.8) is 0 Å². The van der Waals surface area contributed by atoms with Crippen molar-refractivity contribution < 1.29 is 14.7 Å². The van der Waals surface area contributed by atoms with E-state index in [1.54, 1.807) is 16.2 Å². The van der Waals surface area contributed by atoms with Crippen molar-refractivity contribution in [2.75, 3.05) is 18.8 Å². The Balaban J connectivity index is 1.76. The van der Waals surface area contributed by atoms with E-state index in [1.165, 1.54) is 10.4 Å². The number of thiophene rings is 1. The maximum Gasteiger partial charge on any atom is 0.308 e. The van der Waals surface area contributed by atoms with Gasteiger partial charge in [-0.15, -0.1) is 11.3 Å². The second-order valence-corrected chi connectivity index (χ2v) is 7.74. The Hall–Kier alpha value is -1.01. The summed E-state index contributed by atoms with van der Waals surface area (Å²) in [6.45, 7) is 2.79. The van der Waals surface area contributed by atoms with E-state index in [9.17, 15) is 9.59 Å². The molecule has 0 radical (unpaired) electrons. The first kappa shape index (κ1) is 13.9. The molecule has 3 heterocycles. The van der Waals surface area contributed by atoms with Crippen LogP contribution in [0.5, 0.6) is 0 Å². The van der Waals surface area contributed by atoms with Crippen LogP contribution >= 0.6 is 23.1 Å². The van der Waals surface area contributed by atoms with Crippen molar-refractivity contribution in [1.29, 1.82) is 0 Å². The molecule has 2 atom stereocenters. The van der Waals surface area contributed by atoms with Gasteiger partial charge in [0.15, 0.2) is 0 Å². The molecule has 0 aliphatic carbocycles. The molecule has 1 aromatic rings. The van der Waals surface area contributed by atoms with Gasteiger partial charge < -0.3 is 10.0 Å². The quantitative estimate of drug-likeness (QED) is 0.911. The van der Waals surface area contributed by atoms with Gasteiger partial charge >= 0.3 is 5.97 Å². The van der Waals surface area contributed by atoms with Crippen LogP contribution in [-0.2, 0) is 17.0 Å². The molecule has 2 aliphatic rings. The normalized spacial score (nSPS) is 25.6. The number of hydrogen-bond donors (Lipinski definition) is 1. The fourth-order valence-electron chi connectivity index (χ4n) is 2.86. The summed E-state index contributed by atoms with van der Waals surface area (Å²) in [6, 6.07) is 2.01. The van der Waals surface area contributed by atoms with Gasteiger partial charge in [0.25, 0.3) is 5.91 Å². The molecular formula is C14H17NO3S2. The van der Waals surface area contributed by atoms with Crippen LogP contribution in [-0.4, -0.2) is 40.7 Å². The lowest BCUT2D eigenvalue weighted by molar-refractivity contribution is -0.142. The van der Waals surface area contributed by atoms with Gasteiger partial charge in [-0.2, -0.15) is 11.8 Å². The first-order valence-electron chi connectivity index (χ1n) is 6.77. The van der Waals surface area contributed by atoms with Crippen molar-refractivity contribution in [1.82, 2.24) is 4.90 Å². The maximum atomic E-state index is 12.5. The highest BCUT2D eigenvalue weighted by Crippen LogP contribution is 2.33. The third kappa shape index (κ3) is 2.46. The zero-order valence-electron chi connectivity index (χ0n) is 11.3. The number of fused-ring (bicyclic) bond motifs is 1. The maximum absolute atomic E-state index is 12.5. The van der Waals surface area contributed by atoms with Gasteiger partial charge in [0.2, 0.25) is 0 Å². The largest absolute Gasteiger partial charge is 0.481 e. The molecule has 0 spiro atoms. The minimum atomic E-state index is -0.797. The van der Waals surface area contributed by atoms with Crippen LogP contribution in [0.4, 0.5) is 0 Å². The highest BCUT2D eigenvalue weighted by molar-refractivity contribution is 7.98. The number of amides is 1. The van der Waals surface area contributed by atoms with Gasteiger partial charge in [-0.3, -0.25) is 9.59 Å². The van der Waals surface area contributed by atoms with E-state index >= 15 is 0 Å². The zero-order chi connectivity index (χ0) is 14.3. The van der Waals surface area contributed by atoms with Crippen molar-refractivity contribution in [3.8, 4) is 0 Å². The Kier molecular flexibility index (Phi) is 3.77. The van der Waals surface area contributed by atoms with Gasteiger partial charge in [-0.05, 0) is 29.7 Å². The second-order valence-electron chi connectivity index (χ2n) is 5.49. The first-order chi connectivity index (χ1) is 9.56. The third-order valence-corrected chi connectivity index (χ3v) is 6.29. The van der Waals surface area contributed by atoms with E-state index in [-0.39, 0.29) is 11.8 Å². The number of rotatable bonds is 2. The van der Waals surface area contributed by atoms with E-state index < -0.39 is 11.9 Å². The van der Waals surface area contributed by atoms with Crippen LogP contribution in [0.25, 0.3) is 0 Å². The smallest absolute Gasteiger partial charge is 0.308 e. The standard InChI is InChI=1S/C14H17NO3S2/c1-8-5-15(6-10(8)14(17)18)13(16)12-4-9-7-19-3-2-11(9)20-12/h4,8,10H,2-3,5-7H2,1H3,(H,17,18)/t8-,10-/m1/s1. The van der Waals surface area contributed by atoms with Crippen molar-refractivity contribution >= 4 is 35.0 Å². The number of carboxylic acids is 1. The molecule has 4 nitrogen and oxygen atoms in total. The van der Waals surface area contributed by atoms with E-state index in [0.717, 1.165) is 22.8 Å². The van der Waals surface area contributed by atoms with Gasteiger partial charge in [-0.1, -0.05) is 6.92 Å². The van der Waals surface area contributed by atoms with Crippen LogP contribution in [0.3, 0.4) is 0 Å². The molecule has 0 saturated carbocycles. The third-order valence-electron chi connectivity index (χ3n) is 4.06. The minimum absolute atomic E-state index is 0.00463. The SMILES string of the molecule is C[C@@H]1CN(C(=O)c2cc3c(s2)CCSC3)C[C@H]1C(=O)O. The molecule has 0 unspecified atom stereocenters. The lowest BCUT2D eigenvalue weighted by atomic mass is 9.99. The second kappa shape index (κ2) is 5.41. The van der Waals surface area contributed by atoms with Crippen LogP contribution in [0.2, 0.25) is 0 Å². The van der Waals surface area contributed by atoms with Crippen LogP contribution in [0, 0.1) is 11.8 Å². The lowest BCUT2D eigenvalue weighted by Crippen LogP contribution is -2.29. The molecule has 108 valence electrons. The summed E-state index contributed by atoms with van der Waals surface area (Å²) >= 11 is 3.49. The average molecular weight is 311 g/mol. The molecule has 1 aromatic heterocycles. The Morgan fingerprint density at radius 3 is 2.85 bits per heavy atom. The summed E-state index contributed by atoms with van der Waals surface area (Å²) < 4.78 is 0. The number of likely N-dealkylation sites (tertiary alicyclic amines) is 1. The molecule has 20 heavy (non-hydrogen) atoms. The van der Waals surface area contributed by atoms with Crippen molar-refractivity contribution in [3.05, 3.63) is 21.4 Å². The minimum Gasteiger partial charge on any atom is -0.481 e. The van der Waals surface area contributed by atoms with Crippen LogP contribution in [0.15, 0.2) is 6.07 Å². The number of carboxylic acid groups (broad SMARTS) is 1. The van der Waals surface area contributed by atoms with Crippen molar-refractivity contribution in [2.45, 2.75) is 19.1 Å². The van der Waals surface area contributed by atoms with Gasteiger partial charge in [-0.25, -0.2) is 0 Å². The van der Waals surface area contributed by atoms with Gasteiger partial charge in [0.05, 0.1) is 10.8 Å². The van der Waals surface area contributed by atoms with E-state index in [0.29, 0.717) is 13.1 Å². The molecular weight excluding hydrogens is 294 g/mol. The number of aryl methyl sites for hydroxylation is 1. The Bertz CT molecular complexity index is 531. The predicted molar refractivity (Wildman–Crippen MR) is 80.4 cm³/mol. The fraction of sp³-hybridized carbons (Fsp3) is 0.571. The highest BCUT2D eigenvalue weighted by atomic mass is 32.2. The molecule has 6 heteroatoms. The topological polar surface area (TPSA) is 57.6 Å². The molecule has 1 N–H and O–H groups in total. The zero-order valence-corrected chi connectivity index (χ0v) is 12.9. The number of aliphatic carboxylic acids is 1. The first-order valence-corrected chi connectivity index (χ1v) is 8.75. The fourth-order valence-corrected chi connectivity index (χ4v) is 5.20. The summed E-state index contributed by atoms with van der Waals surface area (Å²) in [6.07, 6.45) is 1.05. The summed E-state index contributed by atoms with van der Waals surface area (Å²) in [7, 11) is 0. The average Bonchev–Trinajstić information content (AvgIpc) is 3.01. The summed E-state index contributed by atoms with van der Waals surface area (Å²) in [5.74, 6) is 0.932. The van der Waals surface area contributed by atoms with Crippen molar-refractivity contribution in [2.24, 2.45) is 11.8 Å². The van der Waals surface area contributed by atoms with E-state index in [2.05, 4.69) is 0 Å². The molecule has 1 amide bonds. The number of carbonyl (C=O) groups is 2. The molecule has 2 aliphatic heterocycles.